The number of nitro benzene ring substituents is 1. The Kier molecular flexibility index (Phi) is 6.03. The number of amides is 1. The molecule has 2 aromatic carbocycles. The predicted molar refractivity (Wildman–Crippen MR) is 90.5 cm³/mol. The molecule has 9 heteroatoms. The Morgan fingerprint density at radius 2 is 2.16 bits per heavy atom. The van der Waals surface area contributed by atoms with Gasteiger partial charge in [-0.1, -0.05) is 29.8 Å². The van der Waals surface area contributed by atoms with Gasteiger partial charge in [0.15, 0.2) is 6.61 Å². The second-order valence-corrected chi connectivity index (χ2v) is 5.06. The normalized spacial score (nSPS) is 10.2. The number of carbonyl (C=O) groups excluding carboxylic acids is 1. The highest BCUT2D eigenvalue weighted by molar-refractivity contribution is 6.32. The van der Waals surface area contributed by atoms with Crippen LogP contribution in [0, 0.1) is 21.4 Å². The lowest BCUT2D eigenvalue weighted by Gasteiger charge is -2.06. The van der Waals surface area contributed by atoms with Gasteiger partial charge in [0.25, 0.3) is 11.6 Å². The Hall–Kier alpha value is -3.44. The molecule has 0 radical (unpaired) electrons. The molecule has 0 unspecified atom stereocenters. The molecule has 1 N–H and O–H groups in total. The summed E-state index contributed by atoms with van der Waals surface area (Å²) in [6, 6.07) is 12.6. The molecule has 0 saturated heterocycles. The standard InChI is InChI=1S/C16H11ClN4O4/c17-13-6-5-11(7-14(13)21(23)24)9-19-20-16(22)10-25-15-4-2-1-3-12(15)8-18/h1-7,9H,10H2,(H,20,22)/b19-9+. The summed E-state index contributed by atoms with van der Waals surface area (Å²) < 4.78 is 5.24. The van der Waals surface area contributed by atoms with E-state index < -0.39 is 10.8 Å². The monoisotopic (exact) mass is 358 g/mol. The van der Waals surface area contributed by atoms with Crippen LogP contribution >= 0.6 is 11.6 Å². The highest BCUT2D eigenvalue weighted by Crippen LogP contribution is 2.24. The van der Waals surface area contributed by atoms with E-state index in [4.69, 9.17) is 21.6 Å². The van der Waals surface area contributed by atoms with E-state index >= 15 is 0 Å². The highest BCUT2D eigenvalue weighted by atomic mass is 35.5. The topological polar surface area (TPSA) is 118 Å². The molecular formula is C16H11ClN4O4. The molecule has 2 rings (SSSR count). The van der Waals surface area contributed by atoms with Crippen molar-refractivity contribution >= 4 is 29.4 Å². The van der Waals surface area contributed by atoms with Gasteiger partial charge in [0, 0.05) is 11.6 Å². The number of benzene rings is 2. The highest BCUT2D eigenvalue weighted by Gasteiger charge is 2.12. The van der Waals surface area contributed by atoms with Crippen LogP contribution < -0.4 is 10.2 Å². The van der Waals surface area contributed by atoms with Gasteiger partial charge < -0.3 is 4.74 Å². The number of hydrazone groups is 1. The molecule has 0 aliphatic carbocycles. The number of nitriles is 1. The van der Waals surface area contributed by atoms with Gasteiger partial charge in [-0.15, -0.1) is 0 Å². The van der Waals surface area contributed by atoms with Crippen LogP contribution in [0.15, 0.2) is 47.6 Å². The van der Waals surface area contributed by atoms with Crippen molar-refractivity contribution in [3.63, 3.8) is 0 Å². The number of carbonyl (C=O) groups is 1. The molecule has 0 aliphatic heterocycles. The van der Waals surface area contributed by atoms with Crippen LogP contribution in [0.2, 0.25) is 5.02 Å². The van der Waals surface area contributed by atoms with Crippen LogP contribution in [0.25, 0.3) is 0 Å². The molecular weight excluding hydrogens is 348 g/mol. The van der Waals surface area contributed by atoms with Gasteiger partial charge in [-0.25, -0.2) is 5.43 Å². The maximum absolute atomic E-state index is 11.7. The van der Waals surface area contributed by atoms with Crippen LogP contribution in [0.3, 0.4) is 0 Å². The minimum absolute atomic E-state index is 0.00995. The summed E-state index contributed by atoms with van der Waals surface area (Å²) in [5.41, 5.74) is 2.67. The van der Waals surface area contributed by atoms with E-state index in [0.717, 1.165) is 0 Å². The van der Waals surface area contributed by atoms with E-state index in [1.807, 2.05) is 6.07 Å². The third-order valence-electron chi connectivity index (χ3n) is 2.94. The SMILES string of the molecule is N#Cc1ccccc1OCC(=O)N/N=C/c1ccc(Cl)c([N+](=O)[O-])c1. The van der Waals surface area contributed by atoms with Gasteiger partial charge in [-0.05, 0) is 18.2 Å². The molecule has 0 fully saturated rings. The zero-order valence-corrected chi connectivity index (χ0v) is 13.4. The molecule has 0 aromatic heterocycles. The fourth-order valence-corrected chi connectivity index (χ4v) is 1.98. The number of hydrogen-bond donors (Lipinski definition) is 1. The second kappa shape index (κ2) is 8.42. The third-order valence-corrected chi connectivity index (χ3v) is 3.26. The van der Waals surface area contributed by atoms with Crippen molar-refractivity contribution in [1.29, 1.82) is 5.26 Å². The molecule has 0 heterocycles. The Labute approximate surface area is 147 Å². The van der Waals surface area contributed by atoms with Crippen LogP contribution in [0.4, 0.5) is 5.69 Å². The van der Waals surface area contributed by atoms with Crippen molar-refractivity contribution in [2.75, 3.05) is 6.61 Å². The molecule has 2 aromatic rings. The minimum atomic E-state index is -0.612. The quantitative estimate of drug-likeness (QED) is 0.484. The summed E-state index contributed by atoms with van der Waals surface area (Å²) in [5, 5.41) is 23.4. The van der Waals surface area contributed by atoms with Crippen molar-refractivity contribution in [2.45, 2.75) is 0 Å². The molecule has 1 amide bonds. The van der Waals surface area contributed by atoms with E-state index in [1.54, 1.807) is 24.3 Å². The van der Waals surface area contributed by atoms with E-state index in [-0.39, 0.29) is 23.1 Å². The smallest absolute Gasteiger partial charge is 0.288 e. The summed E-state index contributed by atoms with van der Waals surface area (Å²) in [6.45, 7) is -0.337. The lowest BCUT2D eigenvalue weighted by Crippen LogP contribution is -2.24. The fraction of sp³-hybridized carbons (Fsp3) is 0.0625. The molecule has 0 spiro atoms. The number of hydrogen-bond acceptors (Lipinski definition) is 6. The lowest BCUT2D eigenvalue weighted by molar-refractivity contribution is -0.384. The predicted octanol–water partition coefficient (Wildman–Crippen LogP) is 2.65. The van der Waals surface area contributed by atoms with Crippen molar-refractivity contribution in [3.8, 4) is 11.8 Å². The first-order valence-electron chi connectivity index (χ1n) is 6.89. The fourth-order valence-electron chi connectivity index (χ4n) is 1.79. The molecule has 126 valence electrons. The van der Waals surface area contributed by atoms with E-state index in [0.29, 0.717) is 11.1 Å². The average Bonchev–Trinajstić information content (AvgIpc) is 2.61. The van der Waals surface area contributed by atoms with Crippen molar-refractivity contribution in [1.82, 2.24) is 5.43 Å². The average molecular weight is 359 g/mol. The van der Waals surface area contributed by atoms with E-state index in [1.165, 1.54) is 24.4 Å². The summed E-state index contributed by atoms with van der Waals surface area (Å²) in [7, 11) is 0. The van der Waals surface area contributed by atoms with E-state index in [2.05, 4.69) is 10.5 Å². The van der Waals surface area contributed by atoms with E-state index in [9.17, 15) is 14.9 Å². The molecule has 8 nitrogen and oxygen atoms in total. The van der Waals surface area contributed by atoms with Crippen LogP contribution in [0.5, 0.6) is 5.75 Å². The molecule has 0 atom stereocenters. The van der Waals surface area contributed by atoms with Crippen molar-refractivity contribution < 1.29 is 14.5 Å². The van der Waals surface area contributed by atoms with Gasteiger partial charge in [0.1, 0.15) is 16.8 Å². The van der Waals surface area contributed by atoms with Crippen LogP contribution in [-0.2, 0) is 4.79 Å². The Morgan fingerprint density at radius 3 is 2.88 bits per heavy atom. The number of nitrogens with zero attached hydrogens (tertiary/aromatic N) is 3. The summed E-state index contributed by atoms with van der Waals surface area (Å²) in [6.07, 6.45) is 1.24. The van der Waals surface area contributed by atoms with Gasteiger partial charge in [0.05, 0.1) is 16.7 Å². The first-order valence-corrected chi connectivity index (χ1v) is 7.27. The number of nitrogens with one attached hydrogen (secondary N) is 1. The number of nitro groups is 1. The largest absolute Gasteiger partial charge is 0.482 e. The Balaban J connectivity index is 1.92. The summed E-state index contributed by atoms with van der Waals surface area (Å²) >= 11 is 5.70. The maximum atomic E-state index is 11.7. The van der Waals surface area contributed by atoms with Crippen molar-refractivity contribution in [2.24, 2.45) is 5.10 Å². The minimum Gasteiger partial charge on any atom is -0.482 e. The summed E-state index contributed by atoms with van der Waals surface area (Å²) in [5.74, 6) is -0.259. The Bertz CT molecular complexity index is 877. The van der Waals surface area contributed by atoms with Crippen LogP contribution in [0.1, 0.15) is 11.1 Å². The molecule has 0 saturated carbocycles. The lowest BCUT2D eigenvalue weighted by atomic mass is 10.2. The zero-order chi connectivity index (χ0) is 18.2. The van der Waals surface area contributed by atoms with Gasteiger partial charge >= 0.3 is 0 Å². The first kappa shape index (κ1) is 17.9. The number of rotatable bonds is 6. The van der Waals surface area contributed by atoms with Crippen molar-refractivity contribution in [3.05, 3.63) is 68.7 Å². The Morgan fingerprint density at radius 1 is 1.40 bits per heavy atom. The van der Waals surface area contributed by atoms with Crippen LogP contribution in [-0.4, -0.2) is 23.7 Å². The second-order valence-electron chi connectivity index (χ2n) is 4.66. The molecule has 0 aliphatic rings. The molecule has 25 heavy (non-hydrogen) atoms. The molecule has 0 bridgehead atoms. The van der Waals surface area contributed by atoms with Gasteiger partial charge in [-0.3, -0.25) is 14.9 Å². The third kappa shape index (κ3) is 5.02. The van der Waals surface area contributed by atoms with Gasteiger partial charge in [-0.2, -0.15) is 10.4 Å². The number of ether oxygens (including phenoxy) is 1. The number of halogens is 1. The summed E-state index contributed by atoms with van der Waals surface area (Å²) in [4.78, 5) is 21.9. The number of para-hydroxylation sites is 1. The maximum Gasteiger partial charge on any atom is 0.288 e. The first-order chi connectivity index (χ1) is 12.0. The zero-order valence-electron chi connectivity index (χ0n) is 12.7. The van der Waals surface area contributed by atoms with Gasteiger partial charge in [0.2, 0.25) is 0 Å².